The first kappa shape index (κ1) is 10.4. The lowest BCUT2D eigenvalue weighted by Crippen LogP contribution is -2.02. The van der Waals surface area contributed by atoms with E-state index in [1.54, 1.807) is 24.8 Å². The Morgan fingerprint density at radius 2 is 1.75 bits per heavy atom. The molecule has 2 rings (SSSR count). The Hall–Kier alpha value is -2.10. The van der Waals surface area contributed by atoms with Crippen molar-refractivity contribution >= 4 is 5.78 Å². The monoisotopic (exact) mass is 213 g/mol. The van der Waals surface area contributed by atoms with E-state index in [0.29, 0.717) is 12.0 Å². The van der Waals surface area contributed by atoms with Crippen LogP contribution in [-0.2, 0) is 6.42 Å². The molecule has 0 radical (unpaired) electrons. The average molecular weight is 213 g/mol. The van der Waals surface area contributed by atoms with Crippen LogP contribution in [0.3, 0.4) is 0 Å². The molecule has 0 aliphatic heterocycles. The second kappa shape index (κ2) is 5.11. The molecule has 0 unspecified atom stereocenters. The maximum absolute atomic E-state index is 11.7. The highest BCUT2D eigenvalue weighted by Gasteiger charge is 2.05. The zero-order valence-corrected chi connectivity index (χ0v) is 8.71. The third-order valence-electron chi connectivity index (χ3n) is 2.27. The van der Waals surface area contributed by atoms with E-state index >= 15 is 0 Å². The molecule has 4 heteroatoms. The third kappa shape index (κ3) is 2.70. The van der Waals surface area contributed by atoms with E-state index in [-0.39, 0.29) is 5.78 Å². The van der Waals surface area contributed by atoms with Crippen molar-refractivity contribution in [3.8, 4) is 0 Å². The molecule has 2 aromatic heterocycles. The van der Waals surface area contributed by atoms with Crippen LogP contribution in [0, 0.1) is 0 Å². The Balaban J connectivity index is 1.95. The van der Waals surface area contributed by atoms with Crippen molar-refractivity contribution in [2.75, 3.05) is 0 Å². The molecule has 0 bridgehead atoms. The number of carbonyl (C=O) groups is 1. The second-order valence-corrected chi connectivity index (χ2v) is 3.41. The van der Waals surface area contributed by atoms with Crippen LogP contribution in [-0.4, -0.2) is 20.7 Å². The van der Waals surface area contributed by atoms with Crippen molar-refractivity contribution in [2.24, 2.45) is 0 Å². The summed E-state index contributed by atoms with van der Waals surface area (Å²) in [5.74, 6) is 0.0670. The fraction of sp³-hybridized carbons (Fsp3) is 0.167. The summed E-state index contributed by atoms with van der Waals surface area (Å²) in [5.41, 5.74) is 1.68. The summed E-state index contributed by atoms with van der Waals surface area (Å²) in [6.45, 7) is 0. The van der Waals surface area contributed by atoms with E-state index in [1.165, 1.54) is 6.33 Å². The normalized spacial score (nSPS) is 10.0. The molecule has 0 spiro atoms. The van der Waals surface area contributed by atoms with Gasteiger partial charge in [-0.1, -0.05) is 0 Å². The van der Waals surface area contributed by atoms with Gasteiger partial charge in [-0.05, 0) is 24.1 Å². The minimum atomic E-state index is 0.0670. The van der Waals surface area contributed by atoms with Crippen molar-refractivity contribution < 1.29 is 4.79 Å². The first-order chi connectivity index (χ1) is 7.86. The molecule has 80 valence electrons. The summed E-state index contributed by atoms with van der Waals surface area (Å²) in [6.07, 6.45) is 9.15. The van der Waals surface area contributed by atoms with Crippen LogP contribution in [0.1, 0.15) is 22.3 Å². The molecule has 0 aliphatic carbocycles. The van der Waals surface area contributed by atoms with Gasteiger partial charge in [0, 0.05) is 31.2 Å². The maximum Gasteiger partial charge on any atom is 0.166 e. The van der Waals surface area contributed by atoms with E-state index in [0.717, 1.165) is 12.0 Å². The predicted molar refractivity (Wildman–Crippen MR) is 58.9 cm³/mol. The van der Waals surface area contributed by atoms with Crippen molar-refractivity contribution in [1.82, 2.24) is 15.0 Å². The fourth-order valence-electron chi connectivity index (χ4n) is 1.39. The van der Waals surface area contributed by atoms with Crippen molar-refractivity contribution in [3.05, 3.63) is 54.4 Å². The van der Waals surface area contributed by atoms with Crippen molar-refractivity contribution in [1.29, 1.82) is 0 Å². The number of aryl methyl sites for hydroxylation is 1. The minimum absolute atomic E-state index is 0.0670. The van der Waals surface area contributed by atoms with Crippen molar-refractivity contribution in [2.45, 2.75) is 12.8 Å². The van der Waals surface area contributed by atoms with E-state index < -0.39 is 0 Å². The number of hydrogen-bond acceptors (Lipinski definition) is 4. The summed E-state index contributed by atoms with van der Waals surface area (Å²) in [7, 11) is 0. The number of nitrogens with zero attached hydrogens (tertiary/aromatic N) is 3. The zero-order valence-electron chi connectivity index (χ0n) is 8.71. The molecule has 0 saturated carbocycles. The highest BCUT2D eigenvalue weighted by atomic mass is 16.1. The van der Waals surface area contributed by atoms with Gasteiger partial charge in [0.2, 0.25) is 0 Å². The van der Waals surface area contributed by atoms with Crippen molar-refractivity contribution in [3.63, 3.8) is 0 Å². The molecule has 0 N–H and O–H groups in total. The highest BCUT2D eigenvalue weighted by molar-refractivity contribution is 5.95. The fourth-order valence-corrected chi connectivity index (χ4v) is 1.39. The van der Waals surface area contributed by atoms with Gasteiger partial charge >= 0.3 is 0 Å². The van der Waals surface area contributed by atoms with E-state index in [4.69, 9.17) is 0 Å². The Kier molecular flexibility index (Phi) is 3.33. The number of aromatic nitrogens is 3. The Bertz CT molecular complexity index is 456. The van der Waals surface area contributed by atoms with Gasteiger partial charge in [-0.3, -0.25) is 9.78 Å². The standard InChI is InChI=1S/C12H11N3O/c16-12(11-7-14-9-15-8-11)2-1-10-3-5-13-6-4-10/h3-9H,1-2H2. The predicted octanol–water partition coefficient (Wildman–Crippen LogP) is 1.69. The summed E-state index contributed by atoms with van der Waals surface area (Å²) in [5, 5.41) is 0. The molecular formula is C12H11N3O. The number of carbonyl (C=O) groups excluding carboxylic acids is 1. The smallest absolute Gasteiger partial charge is 0.166 e. The van der Waals surface area contributed by atoms with Gasteiger partial charge in [0.05, 0.1) is 5.56 Å². The van der Waals surface area contributed by atoms with Crippen LogP contribution in [0.5, 0.6) is 0 Å². The number of pyridine rings is 1. The van der Waals surface area contributed by atoms with Gasteiger partial charge in [-0.25, -0.2) is 9.97 Å². The molecule has 2 aromatic rings. The maximum atomic E-state index is 11.7. The zero-order chi connectivity index (χ0) is 11.2. The first-order valence-corrected chi connectivity index (χ1v) is 5.03. The number of ketones is 1. The summed E-state index contributed by atoms with van der Waals surface area (Å²) in [4.78, 5) is 23.3. The van der Waals surface area contributed by atoms with Crippen LogP contribution >= 0.6 is 0 Å². The van der Waals surface area contributed by atoms with Gasteiger partial charge in [0.25, 0.3) is 0 Å². The van der Waals surface area contributed by atoms with Crippen LogP contribution in [0.25, 0.3) is 0 Å². The Morgan fingerprint density at radius 1 is 1.06 bits per heavy atom. The van der Waals surface area contributed by atoms with Gasteiger partial charge in [0.1, 0.15) is 6.33 Å². The summed E-state index contributed by atoms with van der Waals surface area (Å²) < 4.78 is 0. The Morgan fingerprint density at radius 3 is 2.44 bits per heavy atom. The number of Topliss-reactive ketones (excluding diaryl/α,β-unsaturated/α-hetero) is 1. The average Bonchev–Trinajstić information content (AvgIpc) is 2.38. The lowest BCUT2D eigenvalue weighted by molar-refractivity contribution is 0.0982. The molecule has 0 aliphatic rings. The van der Waals surface area contributed by atoms with Crippen LogP contribution in [0.4, 0.5) is 0 Å². The molecule has 0 atom stereocenters. The quantitative estimate of drug-likeness (QED) is 0.725. The first-order valence-electron chi connectivity index (χ1n) is 5.03. The molecule has 0 aromatic carbocycles. The van der Waals surface area contributed by atoms with E-state index in [2.05, 4.69) is 15.0 Å². The van der Waals surface area contributed by atoms with Crippen LogP contribution < -0.4 is 0 Å². The lowest BCUT2D eigenvalue weighted by Gasteiger charge is -2.00. The minimum Gasteiger partial charge on any atom is -0.294 e. The van der Waals surface area contributed by atoms with Gasteiger partial charge < -0.3 is 0 Å². The van der Waals surface area contributed by atoms with E-state index in [9.17, 15) is 4.79 Å². The SMILES string of the molecule is O=C(CCc1ccncc1)c1cncnc1. The topological polar surface area (TPSA) is 55.7 Å². The summed E-state index contributed by atoms with van der Waals surface area (Å²) in [6, 6.07) is 3.82. The molecular weight excluding hydrogens is 202 g/mol. The second-order valence-electron chi connectivity index (χ2n) is 3.41. The van der Waals surface area contributed by atoms with Crippen LogP contribution in [0.15, 0.2) is 43.2 Å². The lowest BCUT2D eigenvalue weighted by atomic mass is 10.1. The summed E-state index contributed by atoms with van der Waals surface area (Å²) >= 11 is 0. The van der Waals surface area contributed by atoms with Gasteiger partial charge in [0.15, 0.2) is 5.78 Å². The number of rotatable bonds is 4. The molecule has 0 amide bonds. The third-order valence-corrected chi connectivity index (χ3v) is 2.27. The highest BCUT2D eigenvalue weighted by Crippen LogP contribution is 2.05. The molecule has 16 heavy (non-hydrogen) atoms. The number of hydrogen-bond donors (Lipinski definition) is 0. The van der Waals surface area contributed by atoms with Crippen LogP contribution in [0.2, 0.25) is 0 Å². The Labute approximate surface area is 93.4 Å². The molecule has 2 heterocycles. The van der Waals surface area contributed by atoms with Gasteiger partial charge in [-0.15, -0.1) is 0 Å². The largest absolute Gasteiger partial charge is 0.294 e. The van der Waals surface area contributed by atoms with E-state index in [1.807, 2.05) is 12.1 Å². The molecule has 0 saturated heterocycles. The van der Waals surface area contributed by atoms with Gasteiger partial charge in [-0.2, -0.15) is 0 Å². The molecule has 0 fully saturated rings. The molecule has 4 nitrogen and oxygen atoms in total.